The lowest BCUT2D eigenvalue weighted by molar-refractivity contribution is -0.159. The van der Waals surface area contributed by atoms with Crippen LogP contribution in [0, 0.1) is 0 Å². The third-order valence-corrected chi connectivity index (χ3v) is 6.73. The molecule has 1 aliphatic carbocycles. The number of carbonyl (C=O) groups excluding carboxylic acids is 2. The monoisotopic (exact) mass is 524 g/mol. The average Bonchev–Trinajstić information content (AvgIpc) is 2.91. The van der Waals surface area contributed by atoms with E-state index in [2.05, 4.69) is 9.97 Å². The van der Waals surface area contributed by atoms with Crippen molar-refractivity contribution in [3.8, 4) is 11.5 Å². The van der Waals surface area contributed by atoms with Crippen LogP contribution in [0.3, 0.4) is 0 Å². The molecule has 11 heteroatoms. The molecule has 1 saturated carbocycles. The van der Waals surface area contributed by atoms with Crippen molar-refractivity contribution in [1.29, 1.82) is 0 Å². The number of carboxylic acids is 1. The molecule has 1 aromatic heterocycles. The molecule has 0 bridgehead atoms. The number of fused-ring (bicyclic) bond motifs is 3. The number of aliphatic imine (C=N–C) groups is 1. The van der Waals surface area contributed by atoms with Crippen molar-refractivity contribution < 1.29 is 33.7 Å². The van der Waals surface area contributed by atoms with Crippen LogP contribution >= 0.6 is 0 Å². The molecule has 38 heavy (non-hydrogen) atoms. The number of Topliss-reactive ketones (excluding diaryl/α,β-unsaturated/α-hetero) is 1. The number of nitrogens with zero attached hydrogens (tertiary/aromatic N) is 4. The zero-order valence-electron chi connectivity index (χ0n) is 22.0. The van der Waals surface area contributed by atoms with Gasteiger partial charge in [0.2, 0.25) is 11.7 Å². The number of benzene rings is 1. The molecule has 4 rings (SSSR count). The van der Waals surface area contributed by atoms with Crippen molar-refractivity contribution in [1.82, 2.24) is 9.97 Å². The van der Waals surface area contributed by atoms with E-state index in [4.69, 9.17) is 24.3 Å². The molecular formula is C27H32N4O7. The molecule has 2 aromatic rings. The lowest BCUT2D eigenvalue weighted by atomic mass is 9.74. The molecule has 11 nitrogen and oxygen atoms in total. The van der Waals surface area contributed by atoms with Gasteiger partial charge in [0.1, 0.15) is 6.10 Å². The first-order valence-electron chi connectivity index (χ1n) is 12.6. The van der Waals surface area contributed by atoms with Crippen LogP contribution in [0.25, 0.3) is 0 Å². The van der Waals surface area contributed by atoms with E-state index >= 15 is 0 Å². The zero-order valence-corrected chi connectivity index (χ0v) is 22.0. The second-order valence-electron chi connectivity index (χ2n) is 9.50. The Bertz CT molecular complexity index is 1240. The Morgan fingerprint density at radius 3 is 2.45 bits per heavy atom. The highest BCUT2D eigenvalue weighted by molar-refractivity contribution is 6.33. The topological polar surface area (TPSA) is 141 Å². The fourth-order valence-corrected chi connectivity index (χ4v) is 4.91. The van der Waals surface area contributed by atoms with Gasteiger partial charge in [-0.05, 0) is 43.9 Å². The van der Waals surface area contributed by atoms with Crippen molar-refractivity contribution in [2.24, 2.45) is 4.99 Å². The molecule has 1 aromatic carbocycles. The van der Waals surface area contributed by atoms with E-state index in [1.165, 1.54) is 0 Å². The van der Waals surface area contributed by atoms with Gasteiger partial charge < -0.3 is 24.2 Å². The molecular weight excluding hydrogens is 492 g/mol. The van der Waals surface area contributed by atoms with Crippen molar-refractivity contribution in [3.05, 3.63) is 41.2 Å². The van der Waals surface area contributed by atoms with Gasteiger partial charge in [-0.2, -0.15) is 0 Å². The van der Waals surface area contributed by atoms with Gasteiger partial charge in [0, 0.05) is 50.0 Å². The molecule has 202 valence electrons. The van der Waals surface area contributed by atoms with Gasteiger partial charge in [-0.15, -0.1) is 0 Å². The summed E-state index contributed by atoms with van der Waals surface area (Å²) in [6, 6.07) is 3.79. The summed E-state index contributed by atoms with van der Waals surface area (Å²) in [5, 5.41) is 8.78. The minimum Gasteiger partial charge on any atom is -0.493 e. The minimum absolute atomic E-state index is 0.0773. The first-order valence-corrected chi connectivity index (χ1v) is 12.6. The first kappa shape index (κ1) is 27.0. The molecule has 1 aliphatic heterocycles. The van der Waals surface area contributed by atoms with Crippen LogP contribution in [-0.2, 0) is 19.1 Å². The summed E-state index contributed by atoms with van der Waals surface area (Å²) < 4.78 is 17.0. The molecule has 1 N–H and O–H groups in total. The highest BCUT2D eigenvalue weighted by atomic mass is 16.5. The smallest absolute Gasteiger partial charge is 0.374 e. The maximum absolute atomic E-state index is 12.3. The third kappa shape index (κ3) is 5.76. The average molecular weight is 525 g/mol. The van der Waals surface area contributed by atoms with Gasteiger partial charge in [-0.1, -0.05) is 0 Å². The number of carbonyl (C=O) groups is 3. The summed E-state index contributed by atoms with van der Waals surface area (Å²) in [6.45, 7) is 2.36. The Morgan fingerprint density at radius 1 is 1.08 bits per heavy atom. The SMILES string of the molecule is CCOc1cc2c(cc1OC)C(c1cnc(N(C)C)nc1)=N[C@@H]1CC[C@@H](OC(=O)C(=O)CCC(=O)O)C[C@H]21. The van der Waals surface area contributed by atoms with Gasteiger partial charge in [0.25, 0.3) is 0 Å². The standard InChI is InChI=1S/C27H32N4O7/c1-5-37-23-11-17-18-10-16(38-26(35)21(32)8-9-24(33)34)6-7-20(18)30-25(19(17)12-22(23)36-4)15-13-28-27(29-14-15)31(2)3/h11-14,16,18,20H,5-10H2,1-4H3,(H,33,34)/t16-,18-,20-/m1/s1. The van der Waals surface area contributed by atoms with E-state index in [-0.39, 0.29) is 18.4 Å². The third-order valence-electron chi connectivity index (χ3n) is 6.73. The van der Waals surface area contributed by atoms with Gasteiger partial charge >= 0.3 is 11.9 Å². The van der Waals surface area contributed by atoms with Crippen molar-refractivity contribution in [2.75, 3.05) is 32.7 Å². The maximum Gasteiger partial charge on any atom is 0.374 e. The molecule has 2 aliphatic rings. The van der Waals surface area contributed by atoms with Crippen LogP contribution < -0.4 is 14.4 Å². The van der Waals surface area contributed by atoms with E-state index in [9.17, 15) is 14.4 Å². The molecule has 0 radical (unpaired) electrons. The molecule has 0 amide bonds. The highest BCUT2D eigenvalue weighted by Crippen LogP contribution is 2.45. The first-order chi connectivity index (χ1) is 18.2. The number of aromatic nitrogens is 2. The van der Waals surface area contributed by atoms with Crippen LogP contribution in [0.4, 0.5) is 5.95 Å². The number of ether oxygens (including phenoxy) is 3. The molecule has 0 saturated heterocycles. The van der Waals surface area contributed by atoms with Gasteiger partial charge in [-0.3, -0.25) is 14.6 Å². The maximum atomic E-state index is 12.3. The fourth-order valence-electron chi connectivity index (χ4n) is 4.91. The Balaban J connectivity index is 1.65. The van der Waals surface area contributed by atoms with Gasteiger partial charge in [0.15, 0.2) is 11.5 Å². The Kier molecular flexibility index (Phi) is 8.23. The molecule has 2 heterocycles. The Hall–Kier alpha value is -4.02. The zero-order chi connectivity index (χ0) is 27.4. The summed E-state index contributed by atoms with van der Waals surface area (Å²) in [7, 11) is 5.33. The number of hydrogen-bond donors (Lipinski definition) is 1. The van der Waals surface area contributed by atoms with E-state index in [1.54, 1.807) is 19.5 Å². The summed E-state index contributed by atoms with van der Waals surface area (Å²) in [5.41, 5.74) is 3.38. The summed E-state index contributed by atoms with van der Waals surface area (Å²) in [4.78, 5) is 50.9. The minimum atomic E-state index is -1.14. The van der Waals surface area contributed by atoms with E-state index in [0.29, 0.717) is 43.3 Å². The van der Waals surface area contributed by atoms with Gasteiger partial charge in [-0.25, -0.2) is 14.8 Å². The quantitative estimate of drug-likeness (QED) is 0.364. The Morgan fingerprint density at radius 2 is 1.82 bits per heavy atom. The molecule has 3 atom stereocenters. The second-order valence-corrected chi connectivity index (χ2v) is 9.50. The summed E-state index contributed by atoms with van der Waals surface area (Å²) in [6.07, 6.45) is 3.89. The largest absolute Gasteiger partial charge is 0.493 e. The Labute approximate surface area is 220 Å². The van der Waals surface area contributed by atoms with Crippen LogP contribution in [0.15, 0.2) is 29.5 Å². The predicted molar refractivity (Wildman–Crippen MR) is 138 cm³/mol. The number of esters is 1. The predicted octanol–water partition coefficient (Wildman–Crippen LogP) is 2.78. The number of anilines is 1. The number of ketones is 1. The molecule has 0 unspecified atom stereocenters. The van der Waals surface area contributed by atoms with Crippen LogP contribution in [0.1, 0.15) is 61.6 Å². The van der Waals surface area contributed by atoms with Crippen molar-refractivity contribution in [3.63, 3.8) is 0 Å². The van der Waals surface area contributed by atoms with Crippen molar-refractivity contribution in [2.45, 2.75) is 57.1 Å². The highest BCUT2D eigenvalue weighted by Gasteiger charge is 2.39. The lowest BCUT2D eigenvalue weighted by Crippen LogP contribution is -2.37. The lowest BCUT2D eigenvalue weighted by Gasteiger charge is -2.38. The van der Waals surface area contributed by atoms with Crippen LogP contribution in [-0.4, -0.2) is 78.5 Å². The summed E-state index contributed by atoms with van der Waals surface area (Å²) in [5.74, 6) is -1.27. The number of carboxylic acid groups (broad SMARTS) is 1. The fraction of sp³-hybridized carbons (Fsp3) is 0.481. The van der Waals surface area contributed by atoms with Crippen LogP contribution in [0.2, 0.25) is 0 Å². The van der Waals surface area contributed by atoms with Crippen LogP contribution in [0.5, 0.6) is 11.5 Å². The normalized spacial score (nSPS) is 19.9. The number of hydrogen-bond acceptors (Lipinski definition) is 10. The number of methoxy groups -OCH3 is 1. The van der Waals surface area contributed by atoms with E-state index < -0.39 is 30.2 Å². The molecule has 0 spiro atoms. The summed E-state index contributed by atoms with van der Waals surface area (Å²) >= 11 is 0. The number of rotatable bonds is 10. The van der Waals surface area contributed by atoms with Crippen molar-refractivity contribution >= 4 is 29.4 Å². The van der Waals surface area contributed by atoms with Gasteiger partial charge in [0.05, 0.1) is 31.9 Å². The van der Waals surface area contributed by atoms with E-state index in [0.717, 1.165) is 22.4 Å². The molecule has 1 fully saturated rings. The second kappa shape index (κ2) is 11.6. The van der Waals surface area contributed by atoms with E-state index in [1.807, 2.05) is 38.1 Å². The number of aliphatic carboxylic acids is 1.